The van der Waals surface area contributed by atoms with E-state index in [9.17, 15) is 14.7 Å². The fourth-order valence-electron chi connectivity index (χ4n) is 6.29. The van der Waals surface area contributed by atoms with Crippen LogP contribution in [-0.4, -0.2) is 53.4 Å². The number of ether oxygens (including phenoxy) is 2. The lowest BCUT2D eigenvalue weighted by Gasteiger charge is -2.08. The van der Waals surface area contributed by atoms with Crippen molar-refractivity contribution in [1.29, 1.82) is 0 Å². The molecule has 8 bridgehead atoms. The molecule has 9 nitrogen and oxygen atoms in total. The molecular formula is C36H40N4O5. The zero-order valence-corrected chi connectivity index (χ0v) is 27.3. The lowest BCUT2D eigenvalue weighted by molar-refractivity contribution is -0.141. The summed E-state index contributed by atoms with van der Waals surface area (Å²) in [4.78, 5) is 43.0. The zero-order valence-electron chi connectivity index (χ0n) is 27.3. The summed E-state index contributed by atoms with van der Waals surface area (Å²) in [6.45, 7) is 11.9. The fourth-order valence-corrected chi connectivity index (χ4v) is 6.29. The summed E-state index contributed by atoms with van der Waals surface area (Å²) in [5.74, 6) is -0.381. The Morgan fingerprint density at radius 3 is 1.87 bits per heavy atom. The molecular weight excluding hydrogens is 568 g/mol. The molecule has 0 atom stereocenters. The normalized spacial score (nSPS) is 18.2. The average Bonchev–Trinajstić information content (AvgIpc) is 3.67. The molecule has 45 heavy (non-hydrogen) atoms. The second-order valence-electron chi connectivity index (χ2n) is 11.6. The van der Waals surface area contributed by atoms with E-state index in [0.29, 0.717) is 18.6 Å². The molecule has 5 heterocycles. The Bertz CT molecular complexity index is 1930. The summed E-state index contributed by atoms with van der Waals surface area (Å²) in [6, 6.07) is 0. The summed E-state index contributed by atoms with van der Waals surface area (Å²) >= 11 is 0. The van der Waals surface area contributed by atoms with Gasteiger partial charge in [-0.05, 0) is 117 Å². The maximum absolute atomic E-state index is 12.2. The van der Waals surface area contributed by atoms with Gasteiger partial charge in [-0.25, -0.2) is 15.0 Å². The molecule has 4 aliphatic rings. The van der Waals surface area contributed by atoms with Crippen LogP contribution in [0.5, 0.6) is 0 Å². The number of aliphatic imine (C=N–C) groups is 3. The Hall–Kier alpha value is -4.79. The lowest BCUT2D eigenvalue weighted by atomic mass is 9.96. The van der Waals surface area contributed by atoms with Crippen molar-refractivity contribution < 1.29 is 24.2 Å². The summed E-state index contributed by atoms with van der Waals surface area (Å²) in [6.07, 6.45) is 10.0. The first-order valence-corrected chi connectivity index (χ1v) is 15.2. The van der Waals surface area contributed by atoms with Gasteiger partial charge in [0.25, 0.3) is 0 Å². The number of nitrogens with zero attached hydrogens (tertiary/aromatic N) is 3. The topological polar surface area (TPSA) is 126 Å². The standard InChI is InChI=1S/C36H40N4O5/c1-9-23-18(2)28-16-33-36(22(6)41)21(5)29(40-33)14-26-19(3)24(10-12-34(42)44-7)31(38-26)17-32-25(11-13-35(43)45-8)20(4)27(39-32)15-30(23)37-28/h14-17,40-41H,9-13H2,1-8H3/b26-14?,30-15?,32-17?,33-16?,36-22-. The van der Waals surface area contributed by atoms with E-state index >= 15 is 0 Å². The van der Waals surface area contributed by atoms with Gasteiger partial charge in [0.05, 0.1) is 59.6 Å². The Balaban J connectivity index is 1.80. The van der Waals surface area contributed by atoms with Crippen LogP contribution in [0.2, 0.25) is 0 Å². The van der Waals surface area contributed by atoms with Gasteiger partial charge in [-0.2, -0.15) is 0 Å². The van der Waals surface area contributed by atoms with Crippen molar-refractivity contribution in [2.75, 3.05) is 14.2 Å². The van der Waals surface area contributed by atoms with Crippen molar-refractivity contribution in [3.63, 3.8) is 0 Å². The number of aliphatic hydroxyl groups excluding tert-OH is 1. The highest BCUT2D eigenvalue weighted by Gasteiger charge is 2.27. The van der Waals surface area contributed by atoms with Crippen LogP contribution in [0.25, 0.3) is 17.9 Å². The van der Waals surface area contributed by atoms with Gasteiger partial charge in [0.2, 0.25) is 0 Å². The minimum Gasteiger partial charge on any atom is -0.512 e. The van der Waals surface area contributed by atoms with E-state index in [1.807, 2.05) is 45.1 Å². The quantitative estimate of drug-likeness (QED) is 0.393. The molecule has 0 amide bonds. The minimum absolute atomic E-state index is 0.207. The Kier molecular flexibility index (Phi) is 8.91. The lowest BCUT2D eigenvalue weighted by Crippen LogP contribution is -2.27. The average molecular weight is 609 g/mol. The Labute approximate surface area is 263 Å². The van der Waals surface area contributed by atoms with Gasteiger partial charge in [-0.3, -0.25) is 9.59 Å². The van der Waals surface area contributed by atoms with Crippen molar-refractivity contribution in [3.05, 3.63) is 84.5 Å². The molecule has 4 aliphatic heterocycles. The molecule has 5 rings (SSSR count). The fraction of sp³-hybridized carbons (Fsp3) is 0.361. The molecule has 0 fully saturated rings. The number of H-pyrrole nitrogens is 1. The van der Waals surface area contributed by atoms with Gasteiger partial charge in [0, 0.05) is 23.8 Å². The van der Waals surface area contributed by atoms with E-state index in [1.54, 1.807) is 6.92 Å². The number of hydrogen-bond acceptors (Lipinski definition) is 8. The monoisotopic (exact) mass is 608 g/mol. The number of esters is 2. The predicted molar refractivity (Wildman–Crippen MR) is 178 cm³/mol. The maximum atomic E-state index is 12.2. The number of nitrogens with one attached hydrogen (secondary N) is 1. The molecule has 0 spiro atoms. The first-order valence-electron chi connectivity index (χ1n) is 15.2. The van der Waals surface area contributed by atoms with E-state index in [4.69, 9.17) is 24.5 Å². The smallest absolute Gasteiger partial charge is 0.305 e. The van der Waals surface area contributed by atoms with Gasteiger partial charge in [-0.15, -0.1) is 0 Å². The number of aromatic amines is 1. The number of methoxy groups -OCH3 is 2. The second-order valence-corrected chi connectivity index (χ2v) is 11.6. The van der Waals surface area contributed by atoms with Crippen LogP contribution in [0.15, 0.2) is 77.7 Å². The number of fused-ring (bicyclic) bond motifs is 5. The molecule has 0 aliphatic carbocycles. The number of allylic oxidation sites excluding steroid dienone is 8. The maximum Gasteiger partial charge on any atom is 0.305 e. The second kappa shape index (κ2) is 12.7. The SMILES string of the molecule is CCC1=C(C)C2=NC1=CC1=NC(=CC3=NC(=Cc4[nH]c(/c(=C(/C)O)c4C)=C2)C(C)=C3CCC(=O)OC)C(CCC(=O)OC)=C1C. The van der Waals surface area contributed by atoms with Gasteiger partial charge >= 0.3 is 11.9 Å². The predicted octanol–water partition coefficient (Wildman–Crippen LogP) is 5.54. The molecule has 9 heteroatoms. The van der Waals surface area contributed by atoms with Gasteiger partial charge in [-0.1, -0.05) is 6.92 Å². The van der Waals surface area contributed by atoms with Crippen LogP contribution >= 0.6 is 0 Å². The third-order valence-corrected chi connectivity index (χ3v) is 8.92. The number of aliphatic hydroxyl groups is 1. The van der Waals surface area contributed by atoms with Crippen molar-refractivity contribution in [3.8, 4) is 0 Å². The first kappa shape index (κ1) is 31.6. The molecule has 0 aromatic carbocycles. The van der Waals surface area contributed by atoms with Gasteiger partial charge in [0.15, 0.2) is 0 Å². The zero-order chi connectivity index (χ0) is 32.6. The van der Waals surface area contributed by atoms with Crippen molar-refractivity contribution in [1.82, 2.24) is 4.98 Å². The molecule has 0 radical (unpaired) electrons. The highest BCUT2D eigenvalue weighted by molar-refractivity contribution is 6.24. The highest BCUT2D eigenvalue weighted by Crippen LogP contribution is 2.36. The largest absolute Gasteiger partial charge is 0.512 e. The molecule has 0 unspecified atom stereocenters. The summed E-state index contributed by atoms with van der Waals surface area (Å²) in [5, 5.41) is 12.2. The van der Waals surface area contributed by atoms with Gasteiger partial charge < -0.3 is 19.6 Å². The van der Waals surface area contributed by atoms with E-state index in [1.165, 1.54) is 14.2 Å². The van der Waals surface area contributed by atoms with Crippen molar-refractivity contribution in [2.45, 2.75) is 73.6 Å². The van der Waals surface area contributed by atoms with Crippen LogP contribution in [0.4, 0.5) is 0 Å². The number of rotatable bonds is 7. The molecule has 1 aromatic rings. The number of carbonyl (C=O) groups is 2. The molecule has 0 saturated heterocycles. The third-order valence-electron chi connectivity index (χ3n) is 8.92. The van der Waals surface area contributed by atoms with Crippen LogP contribution in [0.1, 0.15) is 78.0 Å². The highest BCUT2D eigenvalue weighted by atomic mass is 16.5. The summed E-state index contributed by atoms with van der Waals surface area (Å²) < 4.78 is 9.88. The van der Waals surface area contributed by atoms with Crippen LogP contribution in [0, 0.1) is 6.92 Å². The first-order chi connectivity index (χ1) is 21.5. The number of hydrogen-bond donors (Lipinski definition) is 2. The van der Waals surface area contributed by atoms with Crippen LogP contribution in [-0.2, 0) is 19.1 Å². The van der Waals surface area contributed by atoms with E-state index < -0.39 is 0 Å². The van der Waals surface area contributed by atoms with Crippen LogP contribution < -0.4 is 10.6 Å². The minimum atomic E-state index is -0.300. The van der Waals surface area contributed by atoms with E-state index in [-0.39, 0.29) is 30.5 Å². The summed E-state index contributed by atoms with van der Waals surface area (Å²) in [7, 11) is 2.78. The summed E-state index contributed by atoms with van der Waals surface area (Å²) in [5.41, 5.74) is 12.3. The van der Waals surface area contributed by atoms with Crippen molar-refractivity contribution >= 4 is 47.0 Å². The van der Waals surface area contributed by atoms with Crippen molar-refractivity contribution in [2.24, 2.45) is 15.0 Å². The molecule has 2 N–H and O–H groups in total. The van der Waals surface area contributed by atoms with E-state index in [2.05, 4.69) is 18.8 Å². The van der Waals surface area contributed by atoms with E-state index in [0.717, 1.165) is 90.2 Å². The van der Waals surface area contributed by atoms with Gasteiger partial charge in [0.1, 0.15) is 0 Å². The Morgan fingerprint density at radius 2 is 1.27 bits per heavy atom. The molecule has 0 saturated carbocycles. The third kappa shape index (κ3) is 5.99. The molecule has 234 valence electrons. The Morgan fingerprint density at radius 1 is 0.733 bits per heavy atom. The number of aromatic nitrogens is 1. The molecule has 1 aromatic heterocycles. The van der Waals surface area contributed by atoms with Crippen LogP contribution in [0.3, 0.4) is 0 Å². The number of carbonyl (C=O) groups excluding carboxylic acids is 2.